The number of aryl methyl sites for hydroxylation is 1. The zero-order valence-electron chi connectivity index (χ0n) is 6.80. The molecule has 1 aliphatic rings. The lowest BCUT2D eigenvalue weighted by atomic mass is 9.91. The lowest BCUT2D eigenvalue weighted by Crippen LogP contribution is -2.02. The minimum absolute atomic E-state index is 0.774. The third kappa shape index (κ3) is 1.21. The number of fused-ring (bicyclic) bond motifs is 1. The molecule has 1 heteroatoms. The Morgan fingerprint density at radius 1 is 1.33 bits per heavy atom. The van der Waals surface area contributed by atoms with Crippen molar-refractivity contribution >= 4 is 0 Å². The minimum atomic E-state index is 0.774. The summed E-state index contributed by atoms with van der Waals surface area (Å²) in [7, 11) is 0. The normalized spacial score (nSPS) is 14.9. The average molecular weight is 155 g/mol. The van der Waals surface area contributed by atoms with Crippen molar-refractivity contribution in [2.75, 3.05) is 0 Å². The standard InChI is InChI=1S/C11H9N/c12-8-9-5-6-10-3-1-2-4-11(10)7-9/h5-7H,2-4H2. The molecule has 0 aromatic heterocycles. The molecule has 0 amide bonds. The molecule has 0 aliphatic heterocycles. The first-order chi connectivity index (χ1) is 5.90. The van der Waals surface area contributed by atoms with Crippen LogP contribution < -0.4 is 0 Å². The smallest absolute Gasteiger partial charge is 0.0991 e. The maximum absolute atomic E-state index is 8.67. The molecule has 2 rings (SSSR count). The van der Waals surface area contributed by atoms with Crippen molar-refractivity contribution in [1.29, 1.82) is 5.26 Å². The van der Waals surface area contributed by atoms with Gasteiger partial charge in [-0.15, -0.1) is 0 Å². The summed E-state index contributed by atoms with van der Waals surface area (Å²) in [5.41, 5.74) is 3.43. The Morgan fingerprint density at radius 2 is 2.25 bits per heavy atom. The Labute approximate surface area is 72.6 Å². The zero-order chi connectivity index (χ0) is 8.39. The van der Waals surface area contributed by atoms with E-state index < -0.39 is 0 Å². The van der Waals surface area contributed by atoms with Crippen LogP contribution >= 0.6 is 0 Å². The van der Waals surface area contributed by atoms with E-state index in [0.29, 0.717) is 0 Å². The van der Waals surface area contributed by atoms with Gasteiger partial charge in [-0.1, -0.05) is 6.07 Å². The molecule has 0 atom stereocenters. The number of benzene rings is 1. The van der Waals surface area contributed by atoms with Crippen molar-refractivity contribution < 1.29 is 0 Å². The second-order valence-electron chi connectivity index (χ2n) is 3.02. The molecule has 1 aromatic carbocycles. The summed E-state index contributed by atoms with van der Waals surface area (Å²) in [5.74, 6) is 0. The summed E-state index contributed by atoms with van der Waals surface area (Å²) in [6.07, 6.45) is 6.32. The predicted octanol–water partition coefficient (Wildman–Crippen LogP) is 2.13. The number of hydrogen-bond acceptors (Lipinski definition) is 1. The van der Waals surface area contributed by atoms with Crippen LogP contribution in [0.4, 0.5) is 0 Å². The van der Waals surface area contributed by atoms with Crippen LogP contribution in [-0.2, 0) is 12.8 Å². The largest absolute Gasteiger partial charge is 0.192 e. The molecule has 58 valence electrons. The summed E-state index contributed by atoms with van der Waals surface area (Å²) >= 11 is 0. The first kappa shape index (κ1) is 7.36. The molecule has 0 N–H and O–H groups in total. The Balaban J connectivity index is 2.44. The highest BCUT2D eigenvalue weighted by Gasteiger charge is 2.09. The SMILES string of the molecule is N#Cc1ccc2c(c1)CC[C]C2. The van der Waals surface area contributed by atoms with Gasteiger partial charge >= 0.3 is 0 Å². The Bertz CT molecular complexity index is 333. The van der Waals surface area contributed by atoms with Gasteiger partial charge in [0, 0.05) is 0 Å². The molecular formula is C11H9N. The van der Waals surface area contributed by atoms with Gasteiger partial charge in [-0.3, -0.25) is 0 Å². The van der Waals surface area contributed by atoms with Crippen molar-refractivity contribution in [2.24, 2.45) is 0 Å². The molecule has 2 radical (unpaired) electrons. The summed E-state index contributed by atoms with van der Waals surface area (Å²) in [6, 6.07) is 8.08. The molecule has 0 heterocycles. The fraction of sp³-hybridized carbons (Fsp3) is 0.273. The van der Waals surface area contributed by atoms with E-state index in [1.165, 1.54) is 11.1 Å². The van der Waals surface area contributed by atoms with E-state index in [-0.39, 0.29) is 0 Å². The zero-order valence-corrected chi connectivity index (χ0v) is 6.80. The number of nitriles is 1. The van der Waals surface area contributed by atoms with E-state index in [9.17, 15) is 0 Å². The van der Waals surface area contributed by atoms with Crippen molar-refractivity contribution in [1.82, 2.24) is 0 Å². The molecule has 1 nitrogen and oxygen atoms in total. The summed E-state index contributed by atoms with van der Waals surface area (Å²) in [6.45, 7) is 0. The van der Waals surface area contributed by atoms with Gasteiger partial charge in [0.05, 0.1) is 11.6 Å². The van der Waals surface area contributed by atoms with Gasteiger partial charge in [-0.05, 0) is 48.9 Å². The van der Waals surface area contributed by atoms with Crippen LogP contribution in [0.3, 0.4) is 0 Å². The Hall–Kier alpha value is -1.29. The first-order valence-electron chi connectivity index (χ1n) is 4.13. The third-order valence-electron chi connectivity index (χ3n) is 2.22. The minimum Gasteiger partial charge on any atom is -0.192 e. The van der Waals surface area contributed by atoms with Crippen molar-refractivity contribution in [2.45, 2.75) is 19.3 Å². The van der Waals surface area contributed by atoms with Crippen LogP contribution in [0, 0.1) is 17.8 Å². The van der Waals surface area contributed by atoms with Crippen LogP contribution in [-0.4, -0.2) is 0 Å². The summed E-state index contributed by atoms with van der Waals surface area (Å²) in [4.78, 5) is 0. The molecule has 1 aromatic rings. The quantitative estimate of drug-likeness (QED) is 0.563. The number of hydrogen-bond donors (Lipinski definition) is 0. The fourth-order valence-electron chi connectivity index (χ4n) is 1.55. The summed E-state index contributed by atoms with van der Waals surface area (Å²) in [5, 5.41) is 8.67. The van der Waals surface area contributed by atoms with E-state index in [2.05, 4.69) is 12.5 Å². The number of rotatable bonds is 0. The molecule has 1 aliphatic carbocycles. The Morgan fingerprint density at radius 3 is 3.08 bits per heavy atom. The van der Waals surface area contributed by atoms with Crippen LogP contribution in [0.1, 0.15) is 23.1 Å². The molecule has 0 saturated carbocycles. The fourth-order valence-corrected chi connectivity index (χ4v) is 1.55. The second-order valence-corrected chi connectivity index (χ2v) is 3.02. The lowest BCUT2D eigenvalue weighted by molar-refractivity contribution is 0.829. The topological polar surface area (TPSA) is 23.8 Å². The van der Waals surface area contributed by atoms with Crippen LogP contribution in [0.2, 0.25) is 0 Å². The predicted molar refractivity (Wildman–Crippen MR) is 46.4 cm³/mol. The number of nitrogens with zero attached hydrogens (tertiary/aromatic N) is 1. The molecule has 12 heavy (non-hydrogen) atoms. The molecule has 0 unspecified atom stereocenters. The molecule has 0 fully saturated rings. The van der Waals surface area contributed by atoms with Gasteiger partial charge in [0.25, 0.3) is 0 Å². The van der Waals surface area contributed by atoms with E-state index >= 15 is 0 Å². The van der Waals surface area contributed by atoms with E-state index in [1.807, 2.05) is 18.2 Å². The molecular weight excluding hydrogens is 146 g/mol. The Kier molecular flexibility index (Phi) is 1.83. The van der Waals surface area contributed by atoms with Crippen LogP contribution in [0.5, 0.6) is 0 Å². The van der Waals surface area contributed by atoms with Crippen molar-refractivity contribution in [3.8, 4) is 6.07 Å². The maximum Gasteiger partial charge on any atom is 0.0991 e. The highest BCUT2D eigenvalue weighted by Crippen LogP contribution is 2.21. The van der Waals surface area contributed by atoms with E-state index in [0.717, 1.165) is 24.8 Å². The van der Waals surface area contributed by atoms with Gasteiger partial charge in [-0.25, -0.2) is 0 Å². The lowest BCUT2D eigenvalue weighted by Gasteiger charge is -2.14. The second kappa shape index (κ2) is 2.98. The highest BCUT2D eigenvalue weighted by molar-refractivity contribution is 5.40. The van der Waals surface area contributed by atoms with Gasteiger partial charge in [0.15, 0.2) is 0 Å². The monoisotopic (exact) mass is 155 g/mol. The molecule has 0 bridgehead atoms. The van der Waals surface area contributed by atoms with Crippen molar-refractivity contribution in [3.63, 3.8) is 0 Å². The first-order valence-corrected chi connectivity index (χ1v) is 4.13. The maximum atomic E-state index is 8.67. The van der Waals surface area contributed by atoms with Crippen LogP contribution in [0.15, 0.2) is 18.2 Å². The average Bonchev–Trinajstić information content (AvgIpc) is 2.17. The van der Waals surface area contributed by atoms with Gasteiger partial charge < -0.3 is 0 Å². The molecule has 0 saturated heterocycles. The van der Waals surface area contributed by atoms with E-state index in [4.69, 9.17) is 5.26 Å². The summed E-state index contributed by atoms with van der Waals surface area (Å²) < 4.78 is 0. The van der Waals surface area contributed by atoms with Crippen molar-refractivity contribution in [3.05, 3.63) is 41.3 Å². The van der Waals surface area contributed by atoms with Crippen LogP contribution in [0.25, 0.3) is 0 Å². The highest BCUT2D eigenvalue weighted by atomic mass is 14.2. The van der Waals surface area contributed by atoms with Gasteiger partial charge in [0.1, 0.15) is 0 Å². The van der Waals surface area contributed by atoms with E-state index in [1.54, 1.807) is 0 Å². The molecule has 0 spiro atoms. The van der Waals surface area contributed by atoms with Gasteiger partial charge in [0.2, 0.25) is 0 Å². The third-order valence-corrected chi connectivity index (χ3v) is 2.22. The van der Waals surface area contributed by atoms with Gasteiger partial charge in [-0.2, -0.15) is 5.26 Å².